The number of hydrogen-bond acceptors (Lipinski definition) is 4. The van der Waals surface area contributed by atoms with E-state index in [0.29, 0.717) is 0 Å². The van der Waals surface area contributed by atoms with Crippen molar-refractivity contribution in [3.63, 3.8) is 0 Å². The first-order valence-electron chi connectivity index (χ1n) is 7.96. The number of ether oxygens (including phenoxy) is 1. The molecular weight excluding hydrogens is 278 g/mol. The lowest BCUT2D eigenvalue weighted by Gasteiger charge is -2.29. The summed E-state index contributed by atoms with van der Waals surface area (Å²) < 4.78 is 6.23. The molecule has 22 heavy (non-hydrogen) atoms. The minimum atomic E-state index is -0.0640. The molecule has 1 atom stereocenters. The summed E-state index contributed by atoms with van der Waals surface area (Å²) in [5.74, 6) is 0.956. The maximum Gasteiger partial charge on any atom is 0.248 e. The topological polar surface area (TPSA) is 57.4 Å². The van der Waals surface area contributed by atoms with Gasteiger partial charge in [0.2, 0.25) is 5.56 Å². The number of nitrogens with one attached hydrogen (secondary N) is 2. The predicted octanol–water partition coefficient (Wildman–Crippen LogP) is 1.05. The minimum absolute atomic E-state index is 0.0640. The van der Waals surface area contributed by atoms with E-state index in [1.54, 1.807) is 6.07 Å². The van der Waals surface area contributed by atoms with Gasteiger partial charge < -0.3 is 15.0 Å². The van der Waals surface area contributed by atoms with Gasteiger partial charge in [0.05, 0.1) is 5.52 Å². The van der Waals surface area contributed by atoms with E-state index in [1.807, 2.05) is 13.0 Å². The van der Waals surface area contributed by atoms with E-state index in [4.69, 9.17) is 4.74 Å². The van der Waals surface area contributed by atoms with Gasteiger partial charge in [0.1, 0.15) is 11.9 Å². The van der Waals surface area contributed by atoms with E-state index in [0.717, 1.165) is 61.4 Å². The molecule has 1 saturated heterocycles. The number of pyridine rings is 1. The molecule has 3 heterocycles. The van der Waals surface area contributed by atoms with E-state index in [-0.39, 0.29) is 11.7 Å². The summed E-state index contributed by atoms with van der Waals surface area (Å²) in [7, 11) is 0. The van der Waals surface area contributed by atoms with Crippen LogP contribution in [0.25, 0.3) is 10.9 Å². The fourth-order valence-electron chi connectivity index (χ4n) is 3.57. The van der Waals surface area contributed by atoms with Crippen LogP contribution < -0.4 is 15.6 Å². The van der Waals surface area contributed by atoms with Gasteiger partial charge in [-0.05, 0) is 24.1 Å². The van der Waals surface area contributed by atoms with Crippen LogP contribution in [-0.2, 0) is 6.42 Å². The summed E-state index contributed by atoms with van der Waals surface area (Å²) in [4.78, 5) is 16.9. The second-order valence-corrected chi connectivity index (χ2v) is 6.29. The van der Waals surface area contributed by atoms with Crippen molar-refractivity contribution >= 4 is 10.9 Å². The molecule has 0 amide bonds. The quantitative estimate of drug-likeness (QED) is 0.870. The van der Waals surface area contributed by atoms with Gasteiger partial charge in [-0.3, -0.25) is 9.69 Å². The summed E-state index contributed by atoms with van der Waals surface area (Å²) in [6.45, 7) is 7.31. The van der Waals surface area contributed by atoms with Gasteiger partial charge in [-0.2, -0.15) is 0 Å². The van der Waals surface area contributed by atoms with Gasteiger partial charge in [-0.25, -0.2) is 0 Å². The Morgan fingerprint density at radius 2 is 2.14 bits per heavy atom. The first-order chi connectivity index (χ1) is 10.7. The van der Waals surface area contributed by atoms with Crippen molar-refractivity contribution in [2.45, 2.75) is 19.4 Å². The Morgan fingerprint density at radius 1 is 1.32 bits per heavy atom. The lowest BCUT2D eigenvalue weighted by molar-refractivity contribution is 0.140. The maximum absolute atomic E-state index is 11.6. The number of aryl methyl sites for hydroxylation is 1. The Morgan fingerprint density at radius 3 is 2.95 bits per heavy atom. The molecule has 0 aliphatic carbocycles. The second kappa shape index (κ2) is 5.41. The molecule has 5 heteroatoms. The Hall–Kier alpha value is -1.85. The monoisotopic (exact) mass is 299 g/mol. The highest BCUT2D eigenvalue weighted by molar-refractivity contribution is 5.89. The molecule has 0 saturated carbocycles. The SMILES string of the molecule is Cc1cc2c(c3ccc(=O)[nH]c13)OC(CN1CCNCC1)C2. The van der Waals surface area contributed by atoms with Crippen LogP contribution in [0.3, 0.4) is 0 Å². The minimum Gasteiger partial charge on any atom is -0.488 e. The molecule has 1 unspecified atom stereocenters. The van der Waals surface area contributed by atoms with Crippen LogP contribution in [0.1, 0.15) is 11.1 Å². The maximum atomic E-state index is 11.6. The van der Waals surface area contributed by atoms with Crippen molar-refractivity contribution < 1.29 is 4.74 Å². The van der Waals surface area contributed by atoms with Gasteiger partial charge in [0.15, 0.2) is 0 Å². The van der Waals surface area contributed by atoms with E-state index < -0.39 is 0 Å². The molecule has 2 aliphatic rings. The van der Waals surface area contributed by atoms with Crippen molar-refractivity contribution in [3.05, 3.63) is 39.7 Å². The molecule has 116 valence electrons. The van der Waals surface area contributed by atoms with E-state index >= 15 is 0 Å². The summed E-state index contributed by atoms with van der Waals surface area (Å²) in [5, 5.41) is 4.40. The third-order valence-electron chi connectivity index (χ3n) is 4.64. The zero-order chi connectivity index (χ0) is 15.1. The highest BCUT2D eigenvalue weighted by Crippen LogP contribution is 2.37. The molecule has 5 nitrogen and oxygen atoms in total. The van der Waals surface area contributed by atoms with Crippen LogP contribution in [0, 0.1) is 6.92 Å². The van der Waals surface area contributed by atoms with E-state index in [1.165, 1.54) is 5.56 Å². The van der Waals surface area contributed by atoms with Gasteiger partial charge >= 0.3 is 0 Å². The highest BCUT2D eigenvalue weighted by Gasteiger charge is 2.27. The van der Waals surface area contributed by atoms with Crippen LogP contribution in [0.15, 0.2) is 23.0 Å². The second-order valence-electron chi connectivity index (χ2n) is 6.29. The lowest BCUT2D eigenvalue weighted by Crippen LogP contribution is -2.47. The average Bonchev–Trinajstić information content (AvgIpc) is 2.91. The number of fused-ring (bicyclic) bond motifs is 3. The van der Waals surface area contributed by atoms with Crippen molar-refractivity contribution in [2.75, 3.05) is 32.7 Å². The Kier molecular flexibility index (Phi) is 3.39. The van der Waals surface area contributed by atoms with Crippen LogP contribution in [0.4, 0.5) is 0 Å². The number of aromatic amines is 1. The number of nitrogens with zero attached hydrogens (tertiary/aromatic N) is 1. The van der Waals surface area contributed by atoms with Crippen molar-refractivity contribution in [3.8, 4) is 5.75 Å². The van der Waals surface area contributed by atoms with Crippen LogP contribution in [0.2, 0.25) is 0 Å². The highest BCUT2D eigenvalue weighted by atomic mass is 16.5. The van der Waals surface area contributed by atoms with E-state index in [2.05, 4.69) is 21.3 Å². The summed E-state index contributed by atoms with van der Waals surface area (Å²) in [6.07, 6.45) is 1.17. The first kappa shape index (κ1) is 13.8. The molecule has 2 aliphatic heterocycles. The zero-order valence-corrected chi connectivity index (χ0v) is 12.8. The standard InChI is InChI=1S/C17H21N3O2/c1-11-8-12-9-13(10-20-6-4-18-5-7-20)22-17(12)14-2-3-15(21)19-16(11)14/h2-3,8,13,18H,4-7,9-10H2,1H3,(H,19,21). The van der Waals surface area contributed by atoms with E-state index in [9.17, 15) is 4.79 Å². The number of rotatable bonds is 2. The normalized spacial score (nSPS) is 21.8. The van der Waals surface area contributed by atoms with Gasteiger partial charge in [0.25, 0.3) is 0 Å². The summed E-state index contributed by atoms with van der Waals surface area (Å²) >= 11 is 0. The first-order valence-corrected chi connectivity index (χ1v) is 7.96. The molecule has 1 fully saturated rings. The molecule has 0 radical (unpaired) electrons. The largest absolute Gasteiger partial charge is 0.488 e. The molecule has 1 aromatic carbocycles. The zero-order valence-electron chi connectivity index (χ0n) is 12.8. The fourth-order valence-corrected chi connectivity index (χ4v) is 3.57. The molecule has 2 N–H and O–H groups in total. The molecule has 0 spiro atoms. The smallest absolute Gasteiger partial charge is 0.248 e. The fraction of sp³-hybridized carbons (Fsp3) is 0.471. The Bertz CT molecular complexity index is 762. The Balaban J connectivity index is 1.63. The number of aromatic nitrogens is 1. The third-order valence-corrected chi connectivity index (χ3v) is 4.64. The lowest BCUT2D eigenvalue weighted by atomic mass is 10.0. The molecule has 0 bridgehead atoms. The summed E-state index contributed by atoms with van der Waals surface area (Å²) in [6, 6.07) is 5.62. The predicted molar refractivity (Wildman–Crippen MR) is 86.7 cm³/mol. The number of H-pyrrole nitrogens is 1. The van der Waals surface area contributed by atoms with Crippen molar-refractivity contribution in [1.29, 1.82) is 0 Å². The van der Waals surface area contributed by atoms with Crippen molar-refractivity contribution in [2.24, 2.45) is 0 Å². The molecule has 2 aromatic rings. The average molecular weight is 299 g/mol. The number of hydrogen-bond donors (Lipinski definition) is 2. The van der Waals surface area contributed by atoms with Gasteiger partial charge in [-0.1, -0.05) is 6.07 Å². The molecule has 4 rings (SSSR count). The summed E-state index contributed by atoms with van der Waals surface area (Å²) in [5.41, 5.74) is 3.20. The Labute approximate surface area is 129 Å². The van der Waals surface area contributed by atoms with Crippen LogP contribution >= 0.6 is 0 Å². The third kappa shape index (κ3) is 2.40. The van der Waals surface area contributed by atoms with Crippen LogP contribution in [0.5, 0.6) is 5.75 Å². The van der Waals surface area contributed by atoms with Gasteiger partial charge in [0, 0.05) is 50.6 Å². The molecule has 1 aromatic heterocycles. The number of piperazine rings is 1. The van der Waals surface area contributed by atoms with Crippen LogP contribution in [-0.4, -0.2) is 48.7 Å². The van der Waals surface area contributed by atoms with Crippen molar-refractivity contribution in [1.82, 2.24) is 15.2 Å². The molecular formula is C17H21N3O2. The number of benzene rings is 1. The van der Waals surface area contributed by atoms with Gasteiger partial charge in [-0.15, -0.1) is 0 Å².